The molecule has 0 radical (unpaired) electrons. The molecule has 1 N–H and O–H groups in total. The first-order valence-corrected chi connectivity index (χ1v) is 10.5. The molecule has 3 heterocycles. The Bertz CT molecular complexity index is 978. The van der Waals surface area contributed by atoms with Crippen LogP contribution in [0.3, 0.4) is 0 Å². The van der Waals surface area contributed by atoms with Crippen molar-refractivity contribution in [3.05, 3.63) is 56.4 Å². The van der Waals surface area contributed by atoms with E-state index >= 15 is 0 Å². The second-order valence-electron chi connectivity index (χ2n) is 7.03. The molecule has 146 valence electrons. The number of thiazole rings is 1. The average Bonchev–Trinajstić information content (AvgIpc) is 3.39. The lowest BCUT2D eigenvalue weighted by atomic mass is 10.2. The number of hydrogen-bond acceptors (Lipinski definition) is 7. The van der Waals surface area contributed by atoms with E-state index in [9.17, 15) is 0 Å². The molecule has 3 aromatic rings. The van der Waals surface area contributed by atoms with Gasteiger partial charge in [-0.15, -0.1) is 11.3 Å². The molecule has 2 atom stereocenters. The predicted octanol–water partition coefficient (Wildman–Crippen LogP) is 4.70. The van der Waals surface area contributed by atoms with Crippen LogP contribution in [0.5, 0.6) is 6.01 Å². The van der Waals surface area contributed by atoms with Crippen LogP contribution in [0, 0.1) is 26.7 Å². The van der Waals surface area contributed by atoms with E-state index in [0.29, 0.717) is 42.0 Å². The minimum atomic E-state index is 0.307. The van der Waals surface area contributed by atoms with Gasteiger partial charge in [-0.2, -0.15) is 9.97 Å². The Morgan fingerprint density at radius 2 is 2.07 bits per heavy atom. The van der Waals surface area contributed by atoms with Gasteiger partial charge in [-0.25, -0.2) is 4.98 Å². The van der Waals surface area contributed by atoms with Gasteiger partial charge >= 0.3 is 6.01 Å². The van der Waals surface area contributed by atoms with E-state index < -0.39 is 0 Å². The van der Waals surface area contributed by atoms with E-state index in [2.05, 4.69) is 31.3 Å². The van der Waals surface area contributed by atoms with Crippen molar-refractivity contribution in [1.29, 1.82) is 0 Å². The zero-order valence-electron chi connectivity index (χ0n) is 16.1. The minimum Gasteiger partial charge on any atom is -0.463 e. The van der Waals surface area contributed by atoms with Gasteiger partial charge in [-0.05, 0) is 39.3 Å². The Hall–Kier alpha value is -2.25. The van der Waals surface area contributed by atoms with Crippen molar-refractivity contribution < 1.29 is 4.74 Å². The topological polar surface area (TPSA) is 72.8 Å². The van der Waals surface area contributed by atoms with Crippen LogP contribution in [0.15, 0.2) is 24.4 Å². The van der Waals surface area contributed by atoms with Crippen LogP contribution in [-0.4, -0.2) is 26.5 Å². The van der Waals surface area contributed by atoms with Crippen LogP contribution in [-0.2, 0) is 6.54 Å². The summed E-state index contributed by atoms with van der Waals surface area (Å²) in [5.41, 5.74) is 2.97. The standard InChI is InChI=1S/C20H22ClN5OS/c1-11-18(21)25-20(26-19(11)23-9-17-12(2)24-13(3)28-17)27-10-14-8-15(14)16-6-4-5-7-22-16/h4-7,14-15H,8-10H2,1-3H3,(H,23,25,26). The summed E-state index contributed by atoms with van der Waals surface area (Å²) < 4.78 is 5.85. The van der Waals surface area contributed by atoms with Crippen molar-refractivity contribution in [2.45, 2.75) is 39.7 Å². The molecule has 2 unspecified atom stereocenters. The normalized spacial score (nSPS) is 18.1. The van der Waals surface area contributed by atoms with Crippen molar-refractivity contribution in [2.24, 2.45) is 5.92 Å². The highest BCUT2D eigenvalue weighted by Gasteiger charge is 2.40. The quantitative estimate of drug-likeness (QED) is 0.564. The Morgan fingerprint density at radius 1 is 1.21 bits per heavy atom. The number of aromatic nitrogens is 4. The summed E-state index contributed by atoms with van der Waals surface area (Å²) in [6.45, 7) is 7.14. The van der Waals surface area contributed by atoms with Gasteiger partial charge in [0.2, 0.25) is 0 Å². The molecule has 0 spiro atoms. The fraction of sp³-hybridized carbons (Fsp3) is 0.400. The molecule has 0 aromatic carbocycles. The maximum absolute atomic E-state index is 6.30. The molecule has 8 heteroatoms. The number of rotatable bonds is 7. The lowest BCUT2D eigenvalue weighted by Gasteiger charge is -2.11. The molecule has 1 fully saturated rings. The third kappa shape index (κ3) is 4.25. The van der Waals surface area contributed by atoms with Gasteiger partial charge in [0.1, 0.15) is 11.0 Å². The van der Waals surface area contributed by atoms with Crippen molar-refractivity contribution in [1.82, 2.24) is 19.9 Å². The SMILES string of the molecule is Cc1nc(C)c(CNc2nc(OCC3CC3c3ccccn3)nc(Cl)c2C)s1. The smallest absolute Gasteiger partial charge is 0.319 e. The number of hydrogen-bond donors (Lipinski definition) is 1. The third-order valence-electron chi connectivity index (χ3n) is 4.90. The highest BCUT2D eigenvalue weighted by Crippen LogP contribution is 2.46. The summed E-state index contributed by atoms with van der Waals surface area (Å²) in [7, 11) is 0. The molecule has 0 saturated heterocycles. The highest BCUT2D eigenvalue weighted by atomic mass is 35.5. The molecule has 1 aliphatic carbocycles. The zero-order chi connectivity index (χ0) is 19.7. The summed E-state index contributed by atoms with van der Waals surface area (Å²) in [5.74, 6) is 1.59. The molecular weight excluding hydrogens is 394 g/mol. The molecular formula is C20H22ClN5OS. The number of halogens is 1. The van der Waals surface area contributed by atoms with Gasteiger partial charge in [-0.3, -0.25) is 4.98 Å². The van der Waals surface area contributed by atoms with Crippen molar-refractivity contribution in [2.75, 3.05) is 11.9 Å². The monoisotopic (exact) mass is 415 g/mol. The zero-order valence-corrected chi connectivity index (χ0v) is 17.6. The van der Waals surface area contributed by atoms with Gasteiger partial charge in [0.15, 0.2) is 0 Å². The lowest BCUT2D eigenvalue weighted by molar-refractivity contribution is 0.274. The number of aryl methyl sites for hydroxylation is 2. The Morgan fingerprint density at radius 3 is 2.79 bits per heavy atom. The number of nitrogens with one attached hydrogen (secondary N) is 1. The van der Waals surface area contributed by atoms with Crippen LogP contribution in [0.4, 0.5) is 5.82 Å². The Kier molecular flexibility index (Phi) is 5.46. The molecule has 1 aliphatic rings. The largest absolute Gasteiger partial charge is 0.463 e. The van der Waals surface area contributed by atoms with Crippen molar-refractivity contribution in [3.8, 4) is 6.01 Å². The summed E-state index contributed by atoms with van der Waals surface area (Å²) in [6, 6.07) is 6.33. The number of anilines is 1. The molecule has 0 bridgehead atoms. The Balaban J connectivity index is 1.39. The fourth-order valence-electron chi connectivity index (χ4n) is 3.18. The first-order valence-electron chi connectivity index (χ1n) is 9.26. The second-order valence-corrected chi connectivity index (χ2v) is 8.68. The summed E-state index contributed by atoms with van der Waals surface area (Å²) in [6.07, 6.45) is 2.91. The third-order valence-corrected chi connectivity index (χ3v) is 6.34. The maximum atomic E-state index is 6.30. The molecule has 4 rings (SSSR count). The minimum absolute atomic E-state index is 0.307. The van der Waals surface area contributed by atoms with Crippen LogP contribution >= 0.6 is 22.9 Å². The average molecular weight is 416 g/mol. The number of nitrogens with zero attached hydrogens (tertiary/aromatic N) is 4. The molecule has 6 nitrogen and oxygen atoms in total. The van der Waals surface area contributed by atoms with Crippen LogP contribution in [0.2, 0.25) is 5.15 Å². The molecule has 1 saturated carbocycles. The van der Waals surface area contributed by atoms with Gasteiger partial charge < -0.3 is 10.1 Å². The van der Waals surface area contributed by atoms with E-state index in [1.807, 2.05) is 39.1 Å². The lowest BCUT2D eigenvalue weighted by Crippen LogP contribution is -2.09. The first-order chi connectivity index (χ1) is 13.5. The number of pyridine rings is 1. The van der Waals surface area contributed by atoms with Crippen LogP contribution in [0.25, 0.3) is 0 Å². The van der Waals surface area contributed by atoms with E-state index in [-0.39, 0.29) is 0 Å². The van der Waals surface area contributed by atoms with E-state index in [1.165, 1.54) is 4.88 Å². The molecule has 3 aromatic heterocycles. The second kappa shape index (κ2) is 8.01. The van der Waals surface area contributed by atoms with Crippen molar-refractivity contribution >= 4 is 28.8 Å². The fourth-order valence-corrected chi connectivity index (χ4v) is 4.22. The van der Waals surface area contributed by atoms with Gasteiger partial charge in [0.25, 0.3) is 0 Å². The summed E-state index contributed by atoms with van der Waals surface area (Å²) in [4.78, 5) is 18.9. The van der Waals surface area contributed by atoms with Gasteiger partial charge in [-0.1, -0.05) is 17.7 Å². The van der Waals surface area contributed by atoms with E-state index in [1.54, 1.807) is 11.3 Å². The predicted molar refractivity (Wildman–Crippen MR) is 111 cm³/mol. The van der Waals surface area contributed by atoms with Gasteiger partial charge in [0, 0.05) is 34.2 Å². The highest BCUT2D eigenvalue weighted by molar-refractivity contribution is 7.11. The van der Waals surface area contributed by atoms with E-state index in [0.717, 1.165) is 28.4 Å². The summed E-state index contributed by atoms with van der Waals surface area (Å²) >= 11 is 7.98. The first kappa shape index (κ1) is 19.1. The number of ether oxygens (including phenoxy) is 1. The van der Waals surface area contributed by atoms with E-state index in [4.69, 9.17) is 16.3 Å². The summed E-state index contributed by atoms with van der Waals surface area (Å²) in [5, 5.41) is 4.81. The van der Waals surface area contributed by atoms with Crippen molar-refractivity contribution in [3.63, 3.8) is 0 Å². The molecule has 28 heavy (non-hydrogen) atoms. The molecule has 0 amide bonds. The van der Waals surface area contributed by atoms with Crippen LogP contribution < -0.4 is 10.1 Å². The Labute approximate surface area is 173 Å². The molecule has 0 aliphatic heterocycles. The van der Waals surface area contributed by atoms with Crippen LogP contribution in [0.1, 0.15) is 39.2 Å². The van der Waals surface area contributed by atoms with Gasteiger partial charge in [0.05, 0.1) is 23.9 Å². The maximum Gasteiger partial charge on any atom is 0.319 e.